The second-order valence-electron chi connectivity index (χ2n) is 2.95. The van der Waals surface area contributed by atoms with Crippen LogP contribution < -0.4 is 11.1 Å². The minimum atomic E-state index is -0.415. The van der Waals surface area contributed by atoms with Gasteiger partial charge in [-0.3, -0.25) is 15.4 Å². The quantitative estimate of drug-likeness (QED) is 0.580. The zero-order valence-corrected chi connectivity index (χ0v) is 8.29. The van der Waals surface area contributed by atoms with Crippen molar-refractivity contribution in [3.8, 4) is 0 Å². The summed E-state index contributed by atoms with van der Waals surface area (Å²) in [6.45, 7) is 0. The van der Waals surface area contributed by atoms with Crippen molar-refractivity contribution < 1.29 is 0 Å². The van der Waals surface area contributed by atoms with Crippen molar-refractivity contribution in [2.45, 2.75) is 0 Å². The monoisotopic (exact) mass is 215 g/mol. The molecule has 0 aromatic carbocycles. The fourth-order valence-electron chi connectivity index (χ4n) is 1.06. The summed E-state index contributed by atoms with van der Waals surface area (Å²) < 4.78 is 0. The van der Waals surface area contributed by atoms with Crippen molar-refractivity contribution in [3.63, 3.8) is 0 Å². The number of aromatic nitrogens is 3. The predicted molar refractivity (Wildman–Crippen MR) is 60.3 cm³/mol. The molecule has 0 bridgehead atoms. The minimum absolute atomic E-state index is 0.415. The molecule has 6 nitrogen and oxygen atoms in total. The maximum absolute atomic E-state index is 10.9. The third kappa shape index (κ3) is 2.74. The van der Waals surface area contributed by atoms with Crippen molar-refractivity contribution >= 4 is 12.0 Å². The largest absolute Gasteiger partial charge is 0.346 e. The van der Waals surface area contributed by atoms with Crippen LogP contribution in [0.4, 0.5) is 5.82 Å². The van der Waals surface area contributed by atoms with Crippen LogP contribution in [0.25, 0.3) is 0 Å². The van der Waals surface area contributed by atoms with Gasteiger partial charge in [0.1, 0.15) is 5.82 Å². The number of rotatable bonds is 3. The van der Waals surface area contributed by atoms with Gasteiger partial charge in [-0.2, -0.15) is 5.10 Å². The summed E-state index contributed by atoms with van der Waals surface area (Å²) in [5.41, 5.74) is 3.13. The zero-order chi connectivity index (χ0) is 11.2. The van der Waals surface area contributed by atoms with Gasteiger partial charge in [0.25, 0.3) is 0 Å². The lowest BCUT2D eigenvalue weighted by molar-refractivity contribution is 1.06. The lowest BCUT2D eigenvalue weighted by Crippen LogP contribution is -2.10. The van der Waals surface area contributed by atoms with Crippen LogP contribution in [0.1, 0.15) is 5.56 Å². The second-order valence-corrected chi connectivity index (χ2v) is 2.95. The van der Waals surface area contributed by atoms with Crippen LogP contribution in [0.5, 0.6) is 0 Å². The van der Waals surface area contributed by atoms with Gasteiger partial charge in [0.05, 0.1) is 6.21 Å². The van der Waals surface area contributed by atoms with E-state index in [4.69, 9.17) is 0 Å². The number of nitrogens with zero attached hydrogens (tertiary/aromatic N) is 3. The Hall–Kier alpha value is -2.50. The topological polar surface area (TPSA) is 83.0 Å². The third-order valence-corrected chi connectivity index (χ3v) is 1.76. The molecule has 0 saturated heterocycles. The molecular formula is C10H9N5O. The number of aromatic amines is 1. The molecule has 0 spiro atoms. The summed E-state index contributed by atoms with van der Waals surface area (Å²) in [7, 11) is 0. The van der Waals surface area contributed by atoms with E-state index in [9.17, 15) is 4.79 Å². The van der Waals surface area contributed by atoms with Gasteiger partial charge in [-0.05, 0) is 12.1 Å². The Morgan fingerprint density at radius 3 is 3.06 bits per heavy atom. The third-order valence-electron chi connectivity index (χ3n) is 1.76. The number of anilines is 1. The molecule has 16 heavy (non-hydrogen) atoms. The van der Waals surface area contributed by atoms with Crippen LogP contribution in [0, 0.1) is 0 Å². The van der Waals surface area contributed by atoms with Crippen molar-refractivity contribution in [1.82, 2.24) is 15.0 Å². The fraction of sp³-hybridized carbons (Fsp3) is 0. The molecule has 2 aromatic rings. The second kappa shape index (κ2) is 4.83. The molecule has 80 valence electrons. The average molecular weight is 215 g/mol. The molecule has 0 aliphatic carbocycles. The molecule has 0 fully saturated rings. The van der Waals surface area contributed by atoms with Gasteiger partial charge < -0.3 is 0 Å². The predicted octanol–water partition coefficient (Wildman–Crippen LogP) is 0.611. The van der Waals surface area contributed by atoms with Gasteiger partial charge in [0.2, 0.25) is 0 Å². The van der Waals surface area contributed by atoms with Gasteiger partial charge >= 0.3 is 5.69 Å². The summed E-state index contributed by atoms with van der Waals surface area (Å²) in [4.78, 5) is 20.8. The lowest BCUT2D eigenvalue weighted by atomic mass is 10.3. The Kier molecular flexibility index (Phi) is 3.03. The van der Waals surface area contributed by atoms with Crippen LogP contribution >= 0.6 is 0 Å². The molecule has 0 aliphatic heterocycles. The highest BCUT2D eigenvalue weighted by Crippen LogP contribution is 1.96. The molecule has 2 N–H and O–H groups in total. The molecule has 0 unspecified atom stereocenters. The van der Waals surface area contributed by atoms with Gasteiger partial charge in [-0.25, -0.2) is 9.78 Å². The van der Waals surface area contributed by atoms with E-state index in [1.54, 1.807) is 24.7 Å². The molecular weight excluding hydrogens is 206 g/mol. The zero-order valence-electron chi connectivity index (χ0n) is 8.29. The number of H-pyrrole nitrogens is 1. The van der Waals surface area contributed by atoms with E-state index in [0.29, 0.717) is 5.82 Å². The highest BCUT2D eigenvalue weighted by atomic mass is 16.1. The Morgan fingerprint density at radius 1 is 1.38 bits per heavy atom. The SMILES string of the molecule is O=c1nccc(NN=Cc2cccnc2)[nH]1. The van der Waals surface area contributed by atoms with Gasteiger partial charge in [0.15, 0.2) is 0 Å². The molecule has 0 radical (unpaired) electrons. The molecule has 0 atom stereocenters. The van der Waals surface area contributed by atoms with Crippen LogP contribution in [-0.4, -0.2) is 21.2 Å². The Labute approximate surface area is 91.1 Å². The van der Waals surface area contributed by atoms with Crippen LogP contribution in [0.3, 0.4) is 0 Å². The molecule has 0 saturated carbocycles. The number of nitrogens with one attached hydrogen (secondary N) is 2. The number of pyridine rings is 1. The van der Waals surface area contributed by atoms with Crippen LogP contribution in [0.15, 0.2) is 46.7 Å². The normalized spacial score (nSPS) is 10.5. The number of hydrogen-bond acceptors (Lipinski definition) is 5. The minimum Gasteiger partial charge on any atom is -0.291 e. The van der Waals surface area contributed by atoms with Crippen LogP contribution in [-0.2, 0) is 0 Å². The highest BCUT2D eigenvalue weighted by Gasteiger charge is 1.89. The molecule has 2 rings (SSSR count). The molecule has 6 heteroatoms. The van der Waals surface area contributed by atoms with E-state index >= 15 is 0 Å². The summed E-state index contributed by atoms with van der Waals surface area (Å²) in [5.74, 6) is 0.486. The first kappa shape index (κ1) is 10.0. The van der Waals surface area contributed by atoms with E-state index < -0.39 is 5.69 Å². The molecule has 2 aromatic heterocycles. The van der Waals surface area contributed by atoms with E-state index in [1.165, 1.54) is 6.20 Å². The van der Waals surface area contributed by atoms with Crippen molar-refractivity contribution in [1.29, 1.82) is 0 Å². The van der Waals surface area contributed by atoms with Gasteiger partial charge in [-0.1, -0.05) is 6.07 Å². The van der Waals surface area contributed by atoms with E-state index in [1.807, 2.05) is 12.1 Å². The van der Waals surface area contributed by atoms with Crippen molar-refractivity contribution in [3.05, 3.63) is 52.8 Å². The van der Waals surface area contributed by atoms with E-state index in [0.717, 1.165) is 5.56 Å². The smallest absolute Gasteiger partial charge is 0.291 e. The summed E-state index contributed by atoms with van der Waals surface area (Å²) >= 11 is 0. The summed E-state index contributed by atoms with van der Waals surface area (Å²) in [6.07, 6.45) is 6.37. The average Bonchev–Trinajstić information content (AvgIpc) is 2.30. The Morgan fingerprint density at radius 2 is 2.31 bits per heavy atom. The first-order valence-electron chi connectivity index (χ1n) is 4.59. The highest BCUT2D eigenvalue weighted by molar-refractivity contribution is 5.79. The maximum Gasteiger partial charge on any atom is 0.346 e. The standard InChI is InChI=1S/C10H9N5O/c16-10-12-5-3-9(14-10)15-13-7-8-2-1-4-11-6-8/h1-7H,(H2,12,14,15,16). The van der Waals surface area contributed by atoms with Crippen molar-refractivity contribution in [2.24, 2.45) is 5.10 Å². The van der Waals surface area contributed by atoms with Crippen LogP contribution in [0.2, 0.25) is 0 Å². The summed E-state index contributed by atoms with van der Waals surface area (Å²) in [5, 5.41) is 3.94. The Balaban J connectivity index is 2.03. The Bertz CT molecular complexity index is 534. The molecule has 2 heterocycles. The first-order valence-corrected chi connectivity index (χ1v) is 4.59. The van der Waals surface area contributed by atoms with Crippen molar-refractivity contribution in [2.75, 3.05) is 5.43 Å². The van der Waals surface area contributed by atoms with Gasteiger partial charge in [0, 0.05) is 24.2 Å². The first-order chi connectivity index (χ1) is 7.84. The maximum atomic E-state index is 10.9. The lowest BCUT2D eigenvalue weighted by Gasteiger charge is -1.97. The fourth-order valence-corrected chi connectivity index (χ4v) is 1.06. The number of hydrogen-bond donors (Lipinski definition) is 2. The van der Waals surface area contributed by atoms with E-state index in [-0.39, 0.29) is 0 Å². The molecule has 0 aliphatic rings. The molecule has 0 amide bonds. The van der Waals surface area contributed by atoms with E-state index in [2.05, 4.69) is 25.5 Å². The summed E-state index contributed by atoms with van der Waals surface area (Å²) in [6, 6.07) is 5.30. The van der Waals surface area contributed by atoms with Gasteiger partial charge in [-0.15, -0.1) is 0 Å². The number of hydrazone groups is 1.